The standard InChI is InChI=1S/C32H31ClF2N6O/c1-18-5-13-26(19(2)37-18)32(42,28-17-36-40-41(28)4)22-10-14-27-24(16-22)29(38-23-11-12-23)25(30(33)39-27)15-20-6-8-21(9-7-20)31(3,34)35/h5-10,13-14,16-17,23,42H,11-12,15H2,1-4H3,(H,38,39). The molecule has 1 atom stereocenters. The van der Waals surface area contributed by atoms with Crippen LogP contribution >= 0.6 is 11.6 Å². The number of anilines is 1. The topological polar surface area (TPSA) is 88.8 Å². The van der Waals surface area contributed by atoms with E-state index in [-0.39, 0.29) is 5.56 Å². The molecule has 7 nitrogen and oxygen atoms in total. The highest BCUT2D eigenvalue weighted by Gasteiger charge is 2.39. The highest BCUT2D eigenvalue weighted by Crippen LogP contribution is 2.42. The first-order chi connectivity index (χ1) is 19.9. The zero-order valence-electron chi connectivity index (χ0n) is 23.8. The number of alkyl halides is 2. The van der Waals surface area contributed by atoms with E-state index in [1.54, 1.807) is 30.1 Å². The van der Waals surface area contributed by atoms with Gasteiger partial charge < -0.3 is 10.4 Å². The fraction of sp³-hybridized carbons (Fsp3) is 0.312. The van der Waals surface area contributed by atoms with Crippen LogP contribution in [0.5, 0.6) is 0 Å². The van der Waals surface area contributed by atoms with Gasteiger partial charge in [-0.05, 0) is 56.0 Å². The van der Waals surface area contributed by atoms with E-state index in [4.69, 9.17) is 16.6 Å². The summed E-state index contributed by atoms with van der Waals surface area (Å²) in [6.45, 7) is 4.67. The number of benzene rings is 2. The molecule has 0 amide bonds. The van der Waals surface area contributed by atoms with Crippen molar-refractivity contribution in [3.63, 3.8) is 0 Å². The lowest BCUT2D eigenvalue weighted by Crippen LogP contribution is -2.32. The number of aliphatic hydroxyl groups is 1. The molecule has 2 N–H and O–H groups in total. The van der Waals surface area contributed by atoms with Gasteiger partial charge in [-0.1, -0.05) is 53.2 Å². The van der Waals surface area contributed by atoms with Crippen molar-refractivity contribution in [1.82, 2.24) is 25.0 Å². The van der Waals surface area contributed by atoms with E-state index in [9.17, 15) is 13.9 Å². The Morgan fingerprint density at radius 1 is 1.02 bits per heavy atom. The van der Waals surface area contributed by atoms with Gasteiger partial charge in [-0.25, -0.2) is 18.4 Å². The summed E-state index contributed by atoms with van der Waals surface area (Å²) in [6, 6.07) is 16.0. The molecule has 1 fully saturated rings. The lowest BCUT2D eigenvalue weighted by molar-refractivity contribution is 0.0174. The average Bonchev–Trinajstić information content (AvgIpc) is 3.66. The Balaban J connectivity index is 1.53. The highest BCUT2D eigenvalue weighted by molar-refractivity contribution is 6.31. The van der Waals surface area contributed by atoms with Crippen molar-refractivity contribution in [1.29, 1.82) is 0 Å². The Morgan fingerprint density at radius 2 is 1.74 bits per heavy atom. The molecule has 216 valence electrons. The van der Waals surface area contributed by atoms with Crippen LogP contribution in [0.2, 0.25) is 5.15 Å². The van der Waals surface area contributed by atoms with Crippen LogP contribution in [0, 0.1) is 13.8 Å². The van der Waals surface area contributed by atoms with E-state index >= 15 is 0 Å². The molecule has 3 aromatic heterocycles. The second kappa shape index (κ2) is 10.4. The van der Waals surface area contributed by atoms with Crippen LogP contribution < -0.4 is 5.32 Å². The van der Waals surface area contributed by atoms with Crippen LogP contribution in [-0.2, 0) is 25.0 Å². The lowest BCUT2D eigenvalue weighted by atomic mass is 9.82. The molecule has 42 heavy (non-hydrogen) atoms. The van der Waals surface area contributed by atoms with E-state index in [0.717, 1.165) is 47.7 Å². The molecule has 1 unspecified atom stereocenters. The van der Waals surface area contributed by atoms with E-state index in [1.165, 1.54) is 12.1 Å². The van der Waals surface area contributed by atoms with Gasteiger partial charge in [0.2, 0.25) is 0 Å². The Hall–Kier alpha value is -3.95. The molecule has 0 bridgehead atoms. The third-order valence-corrected chi connectivity index (χ3v) is 8.23. The summed E-state index contributed by atoms with van der Waals surface area (Å²) in [6.07, 6.45) is 4.01. The second-order valence-electron chi connectivity index (χ2n) is 11.2. The predicted octanol–water partition coefficient (Wildman–Crippen LogP) is 6.59. The molecule has 1 aliphatic carbocycles. The monoisotopic (exact) mass is 588 g/mol. The summed E-state index contributed by atoms with van der Waals surface area (Å²) in [5.74, 6) is -2.92. The highest BCUT2D eigenvalue weighted by atomic mass is 35.5. The summed E-state index contributed by atoms with van der Waals surface area (Å²) < 4.78 is 29.2. The van der Waals surface area contributed by atoms with Crippen LogP contribution in [-0.4, -0.2) is 36.1 Å². The van der Waals surface area contributed by atoms with Gasteiger partial charge >= 0.3 is 0 Å². The zero-order chi connectivity index (χ0) is 29.8. The first kappa shape index (κ1) is 28.2. The van der Waals surface area contributed by atoms with Gasteiger partial charge in [-0.3, -0.25) is 4.98 Å². The predicted molar refractivity (Wildman–Crippen MR) is 159 cm³/mol. The van der Waals surface area contributed by atoms with Crippen molar-refractivity contribution < 1.29 is 13.9 Å². The van der Waals surface area contributed by atoms with Crippen LogP contribution in [0.1, 0.15) is 64.7 Å². The fourth-order valence-corrected chi connectivity index (χ4v) is 5.76. The van der Waals surface area contributed by atoms with Gasteiger partial charge in [0, 0.05) is 59.9 Å². The van der Waals surface area contributed by atoms with Crippen LogP contribution in [0.4, 0.5) is 14.5 Å². The molecular formula is C32H31ClF2N6O. The third kappa shape index (κ3) is 5.12. The third-order valence-electron chi connectivity index (χ3n) is 7.92. The minimum absolute atomic E-state index is 0.0419. The molecule has 0 radical (unpaired) electrons. The van der Waals surface area contributed by atoms with E-state index in [2.05, 4.69) is 20.6 Å². The Morgan fingerprint density at radius 3 is 2.36 bits per heavy atom. The normalized spacial score (nSPS) is 15.1. The van der Waals surface area contributed by atoms with Crippen molar-refractivity contribution in [2.24, 2.45) is 7.05 Å². The van der Waals surface area contributed by atoms with E-state index < -0.39 is 11.5 Å². The molecular weight excluding hydrogens is 558 g/mol. The van der Waals surface area contributed by atoms with Crippen LogP contribution in [0.3, 0.4) is 0 Å². The smallest absolute Gasteiger partial charge is 0.270 e. The Kier molecular flexibility index (Phi) is 6.98. The number of aryl methyl sites for hydroxylation is 3. The number of fused-ring (bicyclic) bond motifs is 1. The van der Waals surface area contributed by atoms with Gasteiger partial charge in [0.1, 0.15) is 5.15 Å². The van der Waals surface area contributed by atoms with Crippen molar-refractivity contribution in [3.8, 4) is 0 Å². The minimum Gasteiger partial charge on any atom is -0.381 e. The number of rotatable bonds is 8. The van der Waals surface area contributed by atoms with Crippen molar-refractivity contribution >= 4 is 28.2 Å². The van der Waals surface area contributed by atoms with Crippen molar-refractivity contribution in [3.05, 3.63) is 111 Å². The maximum absolute atomic E-state index is 13.8. The number of nitrogens with zero attached hydrogens (tertiary/aromatic N) is 5. The maximum Gasteiger partial charge on any atom is 0.270 e. The number of aromatic nitrogens is 5. The number of hydrogen-bond acceptors (Lipinski definition) is 6. The quantitative estimate of drug-likeness (QED) is 0.199. The van der Waals surface area contributed by atoms with Gasteiger partial charge in [0.15, 0.2) is 5.60 Å². The molecule has 3 heterocycles. The van der Waals surface area contributed by atoms with E-state index in [0.29, 0.717) is 45.6 Å². The minimum atomic E-state index is -2.92. The first-order valence-electron chi connectivity index (χ1n) is 13.8. The summed E-state index contributed by atoms with van der Waals surface area (Å²) in [5.41, 5.74) is 4.66. The first-order valence-corrected chi connectivity index (χ1v) is 14.2. The Labute approximate surface area is 247 Å². The van der Waals surface area contributed by atoms with Crippen molar-refractivity contribution in [2.75, 3.05) is 5.32 Å². The number of pyridine rings is 2. The summed E-state index contributed by atoms with van der Waals surface area (Å²) >= 11 is 6.78. The maximum atomic E-state index is 13.8. The zero-order valence-corrected chi connectivity index (χ0v) is 24.5. The van der Waals surface area contributed by atoms with Gasteiger partial charge in [-0.2, -0.15) is 0 Å². The van der Waals surface area contributed by atoms with Gasteiger partial charge in [-0.15, -0.1) is 5.10 Å². The summed E-state index contributed by atoms with van der Waals surface area (Å²) in [7, 11) is 1.74. The Bertz CT molecular complexity index is 1800. The average molecular weight is 589 g/mol. The molecule has 5 aromatic rings. The van der Waals surface area contributed by atoms with Crippen molar-refractivity contribution in [2.45, 2.75) is 57.6 Å². The molecule has 1 aliphatic rings. The largest absolute Gasteiger partial charge is 0.381 e. The SMILES string of the molecule is Cc1ccc(C(O)(c2ccc3nc(Cl)c(Cc4ccc(C(C)(F)F)cc4)c(NC4CC4)c3c2)c2cnnn2C)c(C)n1. The molecule has 2 aromatic carbocycles. The molecule has 1 saturated carbocycles. The van der Waals surface area contributed by atoms with Crippen LogP contribution in [0.15, 0.2) is 60.8 Å². The van der Waals surface area contributed by atoms with Crippen LogP contribution in [0.25, 0.3) is 10.9 Å². The molecule has 0 spiro atoms. The van der Waals surface area contributed by atoms with E-state index in [1.807, 2.05) is 44.2 Å². The molecule has 0 aliphatic heterocycles. The summed E-state index contributed by atoms with van der Waals surface area (Å²) in [4.78, 5) is 9.33. The number of halogens is 3. The molecule has 10 heteroatoms. The lowest BCUT2D eigenvalue weighted by Gasteiger charge is -2.30. The number of hydrogen-bond donors (Lipinski definition) is 2. The fourth-order valence-electron chi connectivity index (χ4n) is 5.50. The molecule has 6 rings (SSSR count). The summed E-state index contributed by atoms with van der Waals surface area (Å²) in [5, 5.41) is 25.5. The van der Waals surface area contributed by atoms with Gasteiger partial charge in [0.25, 0.3) is 5.92 Å². The van der Waals surface area contributed by atoms with Gasteiger partial charge in [0.05, 0.1) is 23.1 Å². The second-order valence-corrected chi connectivity index (χ2v) is 11.6. The molecule has 0 saturated heterocycles. The number of nitrogens with one attached hydrogen (secondary N) is 1.